The number of hydrogen-bond donors (Lipinski definition) is 2. The van der Waals surface area contributed by atoms with Crippen LogP contribution < -0.4 is 10.6 Å². The highest BCUT2D eigenvalue weighted by atomic mass is 35.5. The maximum absolute atomic E-state index is 11.8. The van der Waals surface area contributed by atoms with Crippen molar-refractivity contribution in [1.29, 1.82) is 0 Å². The molecule has 0 heterocycles. The van der Waals surface area contributed by atoms with Crippen molar-refractivity contribution in [1.82, 2.24) is 5.32 Å². The highest BCUT2D eigenvalue weighted by Gasteiger charge is 2.27. The SMILES string of the molecule is CC(Nc1cc(Cl)c(Cl)cc1[N+](=O)[O-])C(=O)NC1CC1. The lowest BCUT2D eigenvalue weighted by molar-refractivity contribution is -0.384. The summed E-state index contributed by atoms with van der Waals surface area (Å²) in [6.07, 6.45) is 1.96. The van der Waals surface area contributed by atoms with Crippen LogP contribution in [0.3, 0.4) is 0 Å². The van der Waals surface area contributed by atoms with Crippen molar-refractivity contribution in [3.8, 4) is 0 Å². The molecule has 0 spiro atoms. The molecule has 1 amide bonds. The van der Waals surface area contributed by atoms with Gasteiger partial charge in [-0.15, -0.1) is 0 Å². The Bertz CT molecular complexity index is 561. The Hall–Kier alpha value is -1.53. The summed E-state index contributed by atoms with van der Waals surface area (Å²) in [4.78, 5) is 22.2. The minimum Gasteiger partial charge on any atom is -0.368 e. The van der Waals surface area contributed by atoms with Gasteiger partial charge in [-0.05, 0) is 25.8 Å². The lowest BCUT2D eigenvalue weighted by Crippen LogP contribution is -2.38. The second-order valence-corrected chi connectivity index (χ2v) is 5.50. The highest BCUT2D eigenvalue weighted by molar-refractivity contribution is 6.42. The van der Waals surface area contributed by atoms with E-state index in [1.807, 2.05) is 0 Å². The summed E-state index contributed by atoms with van der Waals surface area (Å²) in [7, 11) is 0. The third kappa shape index (κ3) is 3.52. The van der Waals surface area contributed by atoms with Gasteiger partial charge in [0.1, 0.15) is 11.7 Å². The second kappa shape index (κ2) is 5.85. The lowest BCUT2D eigenvalue weighted by atomic mass is 10.2. The van der Waals surface area contributed by atoms with Crippen LogP contribution in [0.5, 0.6) is 0 Å². The number of nitrogens with one attached hydrogen (secondary N) is 2. The van der Waals surface area contributed by atoms with E-state index >= 15 is 0 Å². The van der Waals surface area contributed by atoms with E-state index in [4.69, 9.17) is 23.2 Å². The summed E-state index contributed by atoms with van der Waals surface area (Å²) in [5, 5.41) is 16.9. The molecule has 1 aliphatic carbocycles. The molecule has 1 unspecified atom stereocenters. The number of nitro groups is 1. The van der Waals surface area contributed by atoms with Crippen LogP contribution in [-0.2, 0) is 4.79 Å². The quantitative estimate of drug-likeness (QED) is 0.646. The fraction of sp³-hybridized carbons (Fsp3) is 0.417. The number of carbonyl (C=O) groups is 1. The van der Waals surface area contributed by atoms with Crippen LogP contribution >= 0.6 is 23.2 Å². The number of carbonyl (C=O) groups excluding carboxylic acids is 1. The Labute approximate surface area is 125 Å². The fourth-order valence-corrected chi connectivity index (χ4v) is 1.98. The van der Waals surface area contributed by atoms with Crippen LogP contribution in [0.4, 0.5) is 11.4 Å². The summed E-state index contributed by atoms with van der Waals surface area (Å²) < 4.78 is 0. The van der Waals surface area contributed by atoms with Crippen LogP contribution in [-0.4, -0.2) is 22.9 Å². The molecule has 0 saturated heterocycles. The summed E-state index contributed by atoms with van der Waals surface area (Å²) in [6, 6.07) is 2.14. The van der Waals surface area contributed by atoms with E-state index in [0.29, 0.717) is 0 Å². The number of amides is 1. The summed E-state index contributed by atoms with van der Waals surface area (Å²) in [5.74, 6) is -0.201. The molecule has 1 atom stereocenters. The summed E-state index contributed by atoms with van der Waals surface area (Å²) >= 11 is 11.6. The Morgan fingerprint density at radius 2 is 2.00 bits per heavy atom. The molecule has 0 aliphatic heterocycles. The molecule has 0 bridgehead atoms. The van der Waals surface area contributed by atoms with Gasteiger partial charge in [-0.3, -0.25) is 14.9 Å². The largest absolute Gasteiger partial charge is 0.368 e. The fourth-order valence-electron chi connectivity index (χ4n) is 1.66. The predicted octanol–water partition coefficient (Wildman–Crippen LogP) is 2.98. The molecule has 1 aromatic carbocycles. The van der Waals surface area contributed by atoms with Crippen molar-refractivity contribution < 1.29 is 9.72 Å². The van der Waals surface area contributed by atoms with E-state index < -0.39 is 11.0 Å². The first kappa shape index (κ1) is 14.9. The van der Waals surface area contributed by atoms with Gasteiger partial charge in [-0.25, -0.2) is 0 Å². The minimum absolute atomic E-state index is 0.0963. The first-order chi connectivity index (χ1) is 9.38. The van der Waals surface area contributed by atoms with Crippen LogP contribution in [0.2, 0.25) is 10.0 Å². The molecule has 1 aromatic rings. The molecule has 0 radical (unpaired) electrons. The number of hydrogen-bond acceptors (Lipinski definition) is 4. The molecule has 20 heavy (non-hydrogen) atoms. The van der Waals surface area contributed by atoms with Gasteiger partial charge in [0.25, 0.3) is 5.69 Å². The lowest BCUT2D eigenvalue weighted by Gasteiger charge is -2.15. The Morgan fingerprint density at radius 1 is 1.40 bits per heavy atom. The first-order valence-corrected chi connectivity index (χ1v) is 6.84. The smallest absolute Gasteiger partial charge is 0.293 e. The van der Waals surface area contributed by atoms with E-state index in [9.17, 15) is 14.9 Å². The van der Waals surface area contributed by atoms with Crippen LogP contribution in [0.25, 0.3) is 0 Å². The molecule has 1 saturated carbocycles. The molecule has 2 N–H and O–H groups in total. The van der Waals surface area contributed by atoms with Gasteiger partial charge in [-0.1, -0.05) is 23.2 Å². The number of benzene rings is 1. The van der Waals surface area contributed by atoms with E-state index in [2.05, 4.69) is 10.6 Å². The predicted molar refractivity (Wildman–Crippen MR) is 77.4 cm³/mol. The van der Waals surface area contributed by atoms with Crippen LogP contribution in [0.15, 0.2) is 12.1 Å². The number of rotatable bonds is 5. The van der Waals surface area contributed by atoms with E-state index in [-0.39, 0.29) is 33.4 Å². The van der Waals surface area contributed by atoms with E-state index in [1.54, 1.807) is 6.92 Å². The monoisotopic (exact) mass is 317 g/mol. The molecule has 2 rings (SSSR count). The third-order valence-electron chi connectivity index (χ3n) is 2.92. The number of nitrogens with zero attached hydrogens (tertiary/aromatic N) is 1. The Balaban J connectivity index is 2.16. The van der Waals surface area contributed by atoms with Crippen molar-refractivity contribution in [3.05, 3.63) is 32.3 Å². The van der Waals surface area contributed by atoms with Crippen molar-refractivity contribution in [3.63, 3.8) is 0 Å². The molecule has 108 valence electrons. The van der Waals surface area contributed by atoms with Gasteiger partial charge >= 0.3 is 0 Å². The topological polar surface area (TPSA) is 84.3 Å². The van der Waals surface area contributed by atoms with Crippen LogP contribution in [0.1, 0.15) is 19.8 Å². The van der Waals surface area contributed by atoms with Gasteiger partial charge in [0.05, 0.1) is 15.0 Å². The van der Waals surface area contributed by atoms with Crippen molar-refractivity contribution in [2.75, 3.05) is 5.32 Å². The molecule has 0 aromatic heterocycles. The zero-order valence-corrected chi connectivity index (χ0v) is 12.2. The molecular weight excluding hydrogens is 305 g/mol. The Morgan fingerprint density at radius 3 is 2.55 bits per heavy atom. The van der Waals surface area contributed by atoms with E-state index in [0.717, 1.165) is 18.9 Å². The maximum atomic E-state index is 11.8. The summed E-state index contributed by atoms with van der Waals surface area (Å²) in [5.41, 5.74) is -0.0479. The zero-order chi connectivity index (χ0) is 14.9. The molecular formula is C12H13Cl2N3O3. The highest BCUT2D eigenvalue weighted by Crippen LogP contribution is 2.34. The number of nitro benzene ring substituents is 1. The van der Waals surface area contributed by atoms with Gasteiger partial charge < -0.3 is 10.6 Å². The molecule has 1 aliphatic rings. The average molecular weight is 318 g/mol. The van der Waals surface area contributed by atoms with Gasteiger partial charge in [0.2, 0.25) is 5.91 Å². The van der Waals surface area contributed by atoms with E-state index in [1.165, 1.54) is 6.07 Å². The second-order valence-electron chi connectivity index (χ2n) is 4.69. The van der Waals surface area contributed by atoms with Crippen LogP contribution in [0, 0.1) is 10.1 Å². The maximum Gasteiger partial charge on any atom is 0.293 e. The molecule has 1 fully saturated rings. The summed E-state index contributed by atoms with van der Waals surface area (Å²) in [6.45, 7) is 1.63. The zero-order valence-electron chi connectivity index (χ0n) is 10.7. The van der Waals surface area contributed by atoms with Crippen molar-refractivity contribution >= 4 is 40.5 Å². The minimum atomic E-state index is -0.605. The first-order valence-electron chi connectivity index (χ1n) is 6.09. The number of halogens is 2. The van der Waals surface area contributed by atoms with Gasteiger partial charge in [-0.2, -0.15) is 0 Å². The number of anilines is 1. The third-order valence-corrected chi connectivity index (χ3v) is 3.65. The van der Waals surface area contributed by atoms with Gasteiger partial charge in [0, 0.05) is 12.1 Å². The molecule has 8 heteroatoms. The standard InChI is InChI=1S/C12H13Cl2N3O3/c1-6(12(18)16-7-2-3-7)15-10-4-8(13)9(14)5-11(10)17(19)20/h4-7,15H,2-3H2,1H3,(H,16,18). The van der Waals surface area contributed by atoms with Crippen molar-refractivity contribution in [2.45, 2.75) is 31.8 Å². The average Bonchev–Trinajstić information content (AvgIpc) is 3.16. The normalized spacial score (nSPS) is 15.6. The van der Waals surface area contributed by atoms with Gasteiger partial charge in [0.15, 0.2) is 0 Å². The van der Waals surface area contributed by atoms with Crippen molar-refractivity contribution in [2.24, 2.45) is 0 Å². The Kier molecular flexibility index (Phi) is 4.35. The molecule has 6 nitrogen and oxygen atoms in total.